The van der Waals surface area contributed by atoms with Crippen LogP contribution >= 0.6 is 0 Å². The Morgan fingerprint density at radius 2 is 1.66 bits per heavy atom. The molecule has 0 saturated heterocycles. The first-order valence-corrected chi connectivity index (χ1v) is 8.63. The summed E-state index contributed by atoms with van der Waals surface area (Å²) in [6, 6.07) is 12.5. The Balaban J connectivity index is 1.62. The molecule has 2 heterocycles. The Hall–Kier alpha value is -3.62. The van der Waals surface area contributed by atoms with Gasteiger partial charge in [0.25, 0.3) is 5.56 Å². The SMILES string of the molecule is Cn1c(-c2ccc3nccnc3c2)cc(=O)n1Cc1ccc(OC(F)(F)F)cc1. The lowest BCUT2D eigenvalue weighted by atomic mass is 10.1. The minimum atomic E-state index is -4.74. The van der Waals surface area contributed by atoms with Crippen molar-refractivity contribution in [1.29, 1.82) is 0 Å². The Morgan fingerprint density at radius 1 is 0.966 bits per heavy atom. The van der Waals surface area contributed by atoms with E-state index in [9.17, 15) is 18.0 Å². The highest BCUT2D eigenvalue weighted by Gasteiger charge is 2.30. The zero-order valence-corrected chi connectivity index (χ0v) is 15.2. The Kier molecular flexibility index (Phi) is 4.57. The molecule has 6 nitrogen and oxygen atoms in total. The average molecular weight is 400 g/mol. The zero-order chi connectivity index (χ0) is 20.6. The van der Waals surface area contributed by atoms with Crippen LogP contribution in [0.5, 0.6) is 5.75 Å². The van der Waals surface area contributed by atoms with Crippen LogP contribution in [0.15, 0.2) is 65.7 Å². The molecule has 0 bridgehead atoms. The summed E-state index contributed by atoms with van der Waals surface area (Å²) in [5.41, 5.74) is 3.41. The van der Waals surface area contributed by atoms with Crippen molar-refractivity contribution < 1.29 is 17.9 Å². The fourth-order valence-corrected chi connectivity index (χ4v) is 3.11. The third-order valence-electron chi connectivity index (χ3n) is 4.48. The number of hydrogen-bond donors (Lipinski definition) is 0. The predicted octanol–water partition coefficient (Wildman–Crippen LogP) is 3.74. The summed E-state index contributed by atoms with van der Waals surface area (Å²) in [5, 5.41) is 0. The number of ether oxygens (including phenoxy) is 1. The molecule has 0 spiro atoms. The molecule has 0 amide bonds. The van der Waals surface area contributed by atoms with Gasteiger partial charge in [-0.15, -0.1) is 13.2 Å². The van der Waals surface area contributed by atoms with Gasteiger partial charge in [-0.25, -0.2) is 4.68 Å². The quantitative estimate of drug-likeness (QED) is 0.524. The highest BCUT2D eigenvalue weighted by molar-refractivity contribution is 5.80. The summed E-state index contributed by atoms with van der Waals surface area (Å²) in [5.74, 6) is -0.307. The van der Waals surface area contributed by atoms with E-state index in [-0.39, 0.29) is 17.9 Å². The molecule has 2 aromatic carbocycles. The Morgan fingerprint density at radius 3 is 2.34 bits per heavy atom. The molecule has 0 radical (unpaired) electrons. The molecule has 0 unspecified atom stereocenters. The minimum Gasteiger partial charge on any atom is -0.406 e. The van der Waals surface area contributed by atoms with Crippen molar-refractivity contribution in [2.45, 2.75) is 12.9 Å². The second kappa shape index (κ2) is 7.08. The molecule has 4 rings (SSSR count). The van der Waals surface area contributed by atoms with Crippen LogP contribution in [0.3, 0.4) is 0 Å². The maximum atomic E-state index is 12.5. The van der Waals surface area contributed by atoms with E-state index in [4.69, 9.17) is 0 Å². The van der Waals surface area contributed by atoms with Gasteiger partial charge in [0.15, 0.2) is 0 Å². The topological polar surface area (TPSA) is 61.9 Å². The van der Waals surface area contributed by atoms with Gasteiger partial charge < -0.3 is 4.74 Å². The van der Waals surface area contributed by atoms with Gasteiger partial charge in [0.2, 0.25) is 0 Å². The monoisotopic (exact) mass is 400 g/mol. The third-order valence-corrected chi connectivity index (χ3v) is 4.48. The van der Waals surface area contributed by atoms with E-state index in [1.165, 1.54) is 35.0 Å². The number of nitrogens with zero attached hydrogens (tertiary/aromatic N) is 4. The molecule has 9 heteroatoms. The van der Waals surface area contributed by atoms with Crippen molar-refractivity contribution in [2.24, 2.45) is 7.05 Å². The van der Waals surface area contributed by atoms with Gasteiger partial charge >= 0.3 is 6.36 Å². The first-order valence-electron chi connectivity index (χ1n) is 8.63. The molecule has 4 aromatic rings. The third kappa shape index (κ3) is 3.98. The summed E-state index contributed by atoms with van der Waals surface area (Å²) in [7, 11) is 1.75. The first-order chi connectivity index (χ1) is 13.8. The summed E-state index contributed by atoms with van der Waals surface area (Å²) >= 11 is 0. The number of fused-ring (bicyclic) bond motifs is 1. The predicted molar refractivity (Wildman–Crippen MR) is 100 cm³/mol. The fourth-order valence-electron chi connectivity index (χ4n) is 3.11. The summed E-state index contributed by atoms with van der Waals surface area (Å²) in [6.45, 7) is 0.203. The van der Waals surface area contributed by atoms with Gasteiger partial charge in [0.05, 0.1) is 23.3 Å². The maximum absolute atomic E-state index is 12.5. The van der Waals surface area contributed by atoms with Crippen LogP contribution in [-0.4, -0.2) is 25.7 Å². The van der Waals surface area contributed by atoms with E-state index in [1.54, 1.807) is 24.1 Å². The van der Waals surface area contributed by atoms with Crippen molar-refractivity contribution in [2.75, 3.05) is 0 Å². The smallest absolute Gasteiger partial charge is 0.406 e. The molecule has 0 fully saturated rings. The standard InChI is InChI=1S/C20H15F3N4O2/c1-26-18(14-4-7-16-17(10-14)25-9-8-24-16)11-19(28)27(26)12-13-2-5-15(6-3-13)29-20(21,22)23/h2-11H,12H2,1H3. The fraction of sp³-hybridized carbons (Fsp3) is 0.150. The second-order valence-corrected chi connectivity index (χ2v) is 6.40. The number of alkyl halides is 3. The van der Waals surface area contributed by atoms with Gasteiger partial charge in [0.1, 0.15) is 5.75 Å². The molecule has 0 aliphatic heterocycles. The Labute approximate surface area is 162 Å². The molecular formula is C20H15F3N4O2. The second-order valence-electron chi connectivity index (χ2n) is 6.40. The van der Waals surface area contributed by atoms with Crippen molar-refractivity contribution in [3.8, 4) is 17.0 Å². The summed E-state index contributed by atoms with van der Waals surface area (Å²) in [6.07, 6.45) is -1.53. The number of rotatable bonds is 4. The molecule has 0 aliphatic carbocycles. The lowest BCUT2D eigenvalue weighted by molar-refractivity contribution is -0.274. The van der Waals surface area contributed by atoms with Gasteiger partial charge in [0, 0.05) is 31.1 Å². The van der Waals surface area contributed by atoms with Gasteiger partial charge in [-0.1, -0.05) is 18.2 Å². The normalized spacial score (nSPS) is 11.7. The highest BCUT2D eigenvalue weighted by Crippen LogP contribution is 2.24. The lowest BCUT2D eigenvalue weighted by Gasteiger charge is -2.12. The lowest BCUT2D eigenvalue weighted by Crippen LogP contribution is -2.22. The molecule has 0 aliphatic rings. The summed E-state index contributed by atoms with van der Waals surface area (Å²) in [4.78, 5) is 21.0. The van der Waals surface area contributed by atoms with Crippen LogP contribution in [0.4, 0.5) is 13.2 Å². The van der Waals surface area contributed by atoms with Crippen LogP contribution < -0.4 is 10.3 Å². The molecule has 0 saturated carbocycles. The number of benzene rings is 2. The number of halogens is 3. The number of aromatic nitrogens is 4. The molecule has 2 aromatic heterocycles. The molecule has 0 N–H and O–H groups in total. The first kappa shape index (κ1) is 18.7. The number of hydrogen-bond acceptors (Lipinski definition) is 4. The van der Waals surface area contributed by atoms with E-state index in [0.717, 1.165) is 11.1 Å². The van der Waals surface area contributed by atoms with Crippen LogP contribution in [0.1, 0.15) is 5.56 Å². The van der Waals surface area contributed by atoms with Crippen molar-refractivity contribution in [3.63, 3.8) is 0 Å². The molecule has 148 valence electrons. The van der Waals surface area contributed by atoms with E-state index < -0.39 is 6.36 Å². The average Bonchev–Trinajstić information content (AvgIpc) is 2.96. The Bertz CT molecular complexity index is 1230. The van der Waals surface area contributed by atoms with E-state index in [2.05, 4.69) is 14.7 Å². The van der Waals surface area contributed by atoms with Gasteiger partial charge in [-0.3, -0.25) is 19.4 Å². The summed E-state index contributed by atoms with van der Waals surface area (Å²) < 4.78 is 43.9. The van der Waals surface area contributed by atoms with Crippen LogP contribution in [0, 0.1) is 0 Å². The van der Waals surface area contributed by atoms with Gasteiger partial charge in [-0.2, -0.15) is 0 Å². The van der Waals surface area contributed by atoms with Crippen molar-refractivity contribution in [1.82, 2.24) is 19.3 Å². The molecular weight excluding hydrogens is 385 g/mol. The highest BCUT2D eigenvalue weighted by atomic mass is 19.4. The van der Waals surface area contributed by atoms with Crippen LogP contribution in [0.25, 0.3) is 22.3 Å². The minimum absolute atomic E-state index is 0.203. The van der Waals surface area contributed by atoms with E-state index in [1.807, 2.05) is 18.2 Å². The van der Waals surface area contributed by atoms with Crippen molar-refractivity contribution >= 4 is 11.0 Å². The largest absolute Gasteiger partial charge is 0.573 e. The van der Waals surface area contributed by atoms with Crippen molar-refractivity contribution in [3.05, 3.63) is 76.8 Å². The molecule has 29 heavy (non-hydrogen) atoms. The van der Waals surface area contributed by atoms with Crippen LogP contribution in [-0.2, 0) is 13.6 Å². The molecule has 0 atom stereocenters. The van der Waals surface area contributed by atoms with E-state index >= 15 is 0 Å². The zero-order valence-electron chi connectivity index (χ0n) is 15.2. The van der Waals surface area contributed by atoms with Gasteiger partial charge in [-0.05, 0) is 29.8 Å². The van der Waals surface area contributed by atoms with Crippen LogP contribution in [0.2, 0.25) is 0 Å². The van der Waals surface area contributed by atoms with E-state index in [0.29, 0.717) is 16.8 Å². The maximum Gasteiger partial charge on any atom is 0.573 e.